The highest BCUT2D eigenvalue weighted by Crippen LogP contribution is 2.37. The Morgan fingerprint density at radius 2 is 1.79 bits per heavy atom. The van der Waals surface area contributed by atoms with Gasteiger partial charge in [-0.05, 0) is 37.1 Å². The predicted octanol–water partition coefficient (Wildman–Crippen LogP) is 2.71. The molecule has 0 unspecified atom stereocenters. The number of carbonyl (C=O) groups excluding carboxylic acids is 3. The molecule has 152 valence electrons. The van der Waals surface area contributed by atoms with E-state index in [0.717, 1.165) is 19.3 Å². The van der Waals surface area contributed by atoms with Gasteiger partial charge in [-0.25, -0.2) is 9.69 Å². The van der Waals surface area contributed by atoms with E-state index in [-0.39, 0.29) is 5.69 Å². The van der Waals surface area contributed by atoms with Gasteiger partial charge >= 0.3 is 12.2 Å². The molecule has 1 aromatic carbocycles. The summed E-state index contributed by atoms with van der Waals surface area (Å²) < 4.78 is 46.6. The van der Waals surface area contributed by atoms with E-state index in [1.807, 2.05) is 0 Å². The first kappa shape index (κ1) is 20.0. The van der Waals surface area contributed by atoms with Gasteiger partial charge in [0, 0.05) is 5.92 Å². The summed E-state index contributed by atoms with van der Waals surface area (Å²) in [5.41, 5.74) is -3.56. The van der Waals surface area contributed by atoms with Crippen molar-refractivity contribution in [2.24, 2.45) is 5.92 Å². The number of hydrogen-bond donors (Lipinski definition) is 2. The fourth-order valence-electron chi connectivity index (χ4n) is 3.49. The van der Waals surface area contributed by atoms with E-state index in [9.17, 15) is 27.6 Å². The number of anilines is 1. The van der Waals surface area contributed by atoms with Crippen LogP contribution in [-0.4, -0.2) is 36.8 Å². The van der Waals surface area contributed by atoms with Crippen LogP contribution in [0.1, 0.15) is 32.1 Å². The molecule has 1 saturated carbocycles. The maximum Gasteiger partial charge on any atom is 0.440 e. The van der Waals surface area contributed by atoms with Crippen LogP contribution >= 0.6 is 0 Å². The molecule has 2 N–H and O–H groups in total. The van der Waals surface area contributed by atoms with Crippen molar-refractivity contribution in [3.63, 3.8) is 0 Å². The Balaban J connectivity index is 1.91. The number of methoxy groups -OCH3 is 1. The van der Waals surface area contributed by atoms with Gasteiger partial charge in [0.2, 0.25) is 5.91 Å². The van der Waals surface area contributed by atoms with Crippen molar-refractivity contribution in [3.8, 4) is 5.75 Å². The van der Waals surface area contributed by atoms with Crippen molar-refractivity contribution in [2.75, 3.05) is 12.0 Å². The number of urea groups is 1. The minimum Gasteiger partial charge on any atom is -0.497 e. The molecule has 0 radical (unpaired) electrons. The van der Waals surface area contributed by atoms with E-state index in [2.05, 4.69) is 0 Å². The van der Waals surface area contributed by atoms with Gasteiger partial charge in [-0.1, -0.05) is 19.3 Å². The van der Waals surface area contributed by atoms with Crippen molar-refractivity contribution in [1.29, 1.82) is 0 Å². The minimum atomic E-state index is -5.22. The summed E-state index contributed by atoms with van der Waals surface area (Å²) in [6.07, 6.45) is -1.95. The summed E-state index contributed by atoms with van der Waals surface area (Å²) in [6.45, 7) is 0. The van der Waals surface area contributed by atoms with Crippen LogP contribution in [0.2, 0.25) is 0 Å². The van der Waals surface area contributed by atoms with Gasteiger partial charge in [0.1, 0.15) is 5.75 Å². The van der Waals surface area contributed by atoms with E-state index >= 15 is 0 Å². The molecule has 7 nitrogen and oxygen atoms in total. The van der Waals surface area contributed by atoms with Crippen LogP contribution in [0.4, 0.5) is 23.7 Å². The number of ether oxygens (including phenoxy) is 1. The summed E-state index contributed by atoms with van der Waals surface area (Å²) in [4.78, 5) is 37.8. The number of alkyl halides is 3. The highest BCUT2D eigenvalue weighted by atomic mass is 19.4. The lowest BCUT2D eigenvalue weighted by Crippen LogP contribution is -2.70. The highest BCUT2D eigenvalue weighted by molar-refractivity contribution is 6.24. The number of nitrogens with one attached hydrogen (secondary N) is 2. The molecule has 0 bridgehead atoms. The zero-order valence-corrected chi connectivity index (χ0v) is 15.1. The molecule has 1 heterocycles. The van der Waals surface area contributed by atoms with Gasteiger partial charge in [0.15, 0.2) is 0 Å². The van der Waals surface area contributed by atoms with E-state index < -0.39 is 35.6 Å². The van der Waals surface area contributed by atoms with Crippen LogP contribution in [-0.2, 0) is 9.59 Å². The standard InChI is InChI=1S/C18H20F3N3O4/c1-28-13-9-7-12(8-10-13)24-15(26)17(18(19,20)21,23-16(24)27)22-14(25)11-5-3-2-4-6-11/h7-11H,2-6H2,1H3,(H,22,25)(H,23,27)/t17-/m1/s1. The second-order valence-corrected chi connectivity index (χ2v) is 6.84. The maximum absolute atomic E-state index is 13.9. The van der Waals surface area contributed by atoms with E-state index in [0.29, 0.717) is 23.5 Å². The second-order valence-electron chi connectivity index (χ2n) is 6.84. The van der Waals surface area contributed by atoms with Crippen LogP contribution in [0.5, 0.6) is 5.75 Å². The summed E-state index contributed by atoms with van der Waals surface area (Å²) >= 11 is 0. The van der Waals surface area contributed by atoms with Gasteiger partial charge < -0.3 is 10.1 Å². The lowest BCUT2D eigenvalue weighted by Gasteiger charge is -2.32. The van der Waals surface area contributed by atoms with Gasteiger partial charge in [0.05, 0.1) is 12.8 Å². The lowest BCUT2D eigenvalue weighted by atomic mass is 9.88. The maximum atomic E-state index is 13.9. The summed E-state index contributed by atoms with van der Waals surface area (Å²) in [5, 5.41) is 3.45. The number of carbonyl (C=O) groups is 3. The number of benzene rings is 1. The topological polar surface area (TPSA) is 87.7 Å². The Morgan fingerprint density at radius 1 is 1.18 bits per heavy atom. The zero-order chi connectivity index (χ0) is 20.5. The molecule has 28 heavy (non-hydrogen) atoms. The van der Waals surface area contributed by atoms with Crippen LogP contribution < -0.4 is 20.3 Å². The number of imide groups is 1. The summed E-state index contributed by atoms with van der Waals surface area (Å²) in [6, 6.07) is 4.11. The molecule has 1 aromatic rings. The van der Waals surface area contributed by atoms with Crippen molar-refractivity contribution < 1.29 is 32.3 Å². The second kappa shape index (κ2) is 7.33. The van der Waals surface area contributed by atoms with Gasteiger partial charge in [0.25, 0.3) is 11.6 Å². The molecule has 1 aliphatic carbocycles. The minimum absolute atomic E-state index is 0.0682. The monoisotopic (exact) mass is 399 g/mol. The number of amides is 4. The van der Waals surface area contributed by atoms with Crippen molar-refractivity contribution >= 4 is 23.5 Å². The number of hydrogen-bond acceptors (Lipinski definition) is 4. The van der Waals surface area contributed by atoms with Crippen LogP contribution in [0, 0.1) is 5.92 Å². The Kier molecular flexibility index (Phi) is 5.22. The SMILES string of the molecule is COc1ccc(N2C(=O)N[C@@](NC(=O)C3CCCCC3)(C(F)(F)F)C2=O)cc1. The lowest BCUT2D eigenvalue weighted by molar-refractivity contribution is -0.202. The largest absolute Gasteiger partial charge is 0.497 e. The molecule has 2 fully saturated rings. The summed E-state index contributed by atoms with van der Waals surface area (Å²) in [7, 11) is 1.40. The van der Waals surface area contributed by atoms with E-state index in [1.54, 1.807) is 10.6 Å². The van der Waals surface area contributed by atoms with E-state index in [4.69, 9.17) is 4.74 Å². The normalized spacial score (nSPS) is 23.5. The van der Waals surface area contributed by atoms with Crippen LogP contribution in [0.15, 0.2) is 24.3 Å². The molecular formula is C18H20F3N3O4. The smallest absolute Gasteiger partial charge is 0.440 e. The predicted molar refractivity (Wildman–Crippen MR) is 92.5 cm³/mol. The van der Waals surface area contributed by atoms with Crippen molar-refractivity contribution in [1.82, 2.24) is 10.6 Å². The van der Waals surface area contributed by atoms with Gasteiger partial charge in [-0.15, -0.1) is 0 Å². The Morgan fingerprint density at radius 3 is 2.32 bits per heavy atom. The molecule has 4 amide bonds. The van der Waals surface area contributed by atoms with Crippen LogP contribution in [0.3, 0.4) is 0 Å². The molecule has 0 spiro atoms. The zero-order valence-electron chi connectivity index (χ0n) is 15.1. The first-order valence-corrected chi connectivity index (χ1v) is 8.89. The highest BCUT2D eigenvalue weighted by Gasteiger charge is 2.69. The Labute approximate surface area is 159 Å². The molecular weight excluding hydrogens is 379 g/mol. The van der Waals surface area contributed by atoms with Gasteiger partial charge in [-0.2, -0.15) is 13.2 Å². The first-order chi connectivity index (χ1) is 13.2. The first-order valence-electron chi connectivity index (χ1n) is 8.89. The Hall–Kier alpha value is -2.78. The molecule has 1 atom stereocenters. The molecule has 1 saturated heterocycles. The van der Waals surface area contributed by atoms with E-state index in [1.165, 1.54) is 31.4 Å². The summed E-state index contributed by atoms with van der Waals surface area (Å²) in [5.74, 6) is -2.70. The number of nitrogens with zero attached hydrogens (tertiary/aromatic N) is 1. The average molecular weight is 399 g/mol. The van der Waals surface area contributed by atoms with Gasteiger partial charge in [-0.3, -0.25) is 14.9 Å². The van der Waals surface area contributed by atoms with Crippen molar-refractivity contribution in [3.05, 3.63) is 24.3 Å². The third-order valence-electron chi connectivity index (χ3n) is 5.06. The molecule has 3 rings (SSSR count). The Bertz CT molecular complexity index is 775. The molecule has 2 aliphatic rings. The third kappa shape index (κ3) is 3.38. The molecule has 10 heteroatoms. The fourth-order valence-corrected chi connectivity index (χ4v) is 3.49. The third-order valence-corrected chi connectivity index (χ3v) is 5.06. The average Bonchev–Trinajstić information content (AvgIpc) is 2.93. The molecule has 0 aromatic heterocycles. The van der Waals surface area contributed by atoms with Crippen LogP contribution in [0.25, 0.3) is 0 Å². The fraction of sp³-hybridized carbons (Fsp3) is 0.500. The molecule has 1 aliphatic heterocycles. The number of halogens is 3. The number of rotatable bonds is 4. The quantitative estimate of drug-likeness (QED) is 0.762. The van der Waals surface area contributed by atoms with Crippen molar-refractivity contribution in [2.45, 2.75) is 43.9 Å².